The Labute approximate surface area is 95.0 Å². The highest BCUT2D eigenvalue weighted by Crippen LogP contribution is 2.25. The molecule has 0 saturated carbocycles. The Morgan fingerprint density at radius 3 is 2.31 bits per heavy atom. The highest BCUT2D eigenvalue weighted by molar-refractivity contribution is 5.63. The number of rotatable bonds is 2. The van der Waals surface area contributed by atoms with Crippen molar-refractivity contribution in [2.75, 3.05) is 0 Å². The summed E-state index contributed by atoms with van der Waals surface area (Å²) in [5.74, 6) is 0.179. The molecule has 0 amide bonds. The monoisotopic (exact) mass is 215 g/mol. The van der Waals surface area contributed by atoms with Gasteiger partial charge in [0.25, 0.3) is 0 Å². The minimum atomic E-state index is -0.169. The predicted molar refractivity (Wildman–Crippen MR) is 63.7 cm³/mol. The van der Waals surface area contributed by atoms with Gasteiger partial charge in [0.1, 0.15) is 5.82 Å². The van der Waals surface area contributed by atoms with Gasteiger partial charge in [-0.2, -0.15) is 0 Å². The summed E-state index contributed by atoms with van der Waals surface area (Å²) in [4.78, 5) is 3.92. The molecule has 16 heavy (non-hydrogen) atoms. The highest BCUT2D eigenvalue weighted by atomic mass is 19.1. The third kappa shape index (κ3) is 2.11. The molecule has 0 unspecified atom stereocenters. The smallest absolute Gasteiger partial charge is 0.131 e. The molecular weight excluding hydrogens is 201 g/mol. The number of halogens is 1. The standard InChI is InChI=1S/C14H14FN/c1-10(2)12-3-4-13(14(15)9-12)11-5-7-16-8-6-11/h3-10H,1-2H3. The van der Waals surface area contributed by atoms with E-state index in [9.17, 15) is 4.39 Å². The first-order valence-corrected chi connectivity index (χ1v) is 5.38. The fourth-order valence-corrected chi connectivity index (χ4v) is 1.66. The Bertz CT molecular complexity index is 477. The summed E-state index contributed by atoms with van der Waals surface area (Å²) < 4.78 is 13.9. The van der Waals surface area contributed by atoms with Crippen molar-refractivity contribution in [3.63, 3.8) is 0 Å². The Morgan fingerprint density at radius 2 is 1.75 bits per heavy atom. The molecular formula is C14H14FN. The number of hydrogen-bond donors (Lipinski definition) is 0. The molecule has 0 saturated heterocycles. The van der Waals surface area contributed by atoms with E-state index in [0.717, 1.165) is 11.1 Å². The molecule has 1 aromatic carbocycles. The van der Waals surface area contributed by atoms with Crippen molar-refractivity contribution < 1.29 is 4.39 Å². The molecule has 1 aromatic heterocycles. The van der Waals surface area contributed by atoms with E-state index in [2.05, 4.69) is 18.8 Å². The van der Waals surface area contributed by atoms with Crippen LogP contribution in [0.2, 0.25) is 0 Å². The van der Waals surface area contributed by atoms with Crippen molar-refractivity contribution in [2.45, 2.75) is 19.8 Å². The van der Waals surface area contributed by atoms with E-state index < -0.39 is 0 Å². The van der Waals surface area contributed by atoms with Gasteiger partial charge in [0.05, 0.1) is 0 Å². The zero-order chi connectivity index (χ0) is 11.5. The second-order valence-corrected chi connectivity index (χ2v) is 4.13. The molecule has 0 aliphatic rings. The lowest BCUT2D eigenvalue weighted by Gasteiger charge is -2.08. The van der Waals surface area contributed by atoms with Gasteiger partial charge < -0.3 is 0 Å². The second-order valence-electron chi connectivity index (χ2n) is 4.13. The first kappa shape index (κ1) is 10.8. The molecule has 0 atom stereocenters. The Morgan fingerprint density at radius 1 is 1.06 bits per heavy atom. The van der Waals surface area contributed by atoms with Crippen LogP contribution in [0.3, 0.4) is 0 Å². The van der Waals surface area contributed by atoms with Crippen LogP contribution >= 0.6 is 0 Å². The molecule has 1 heterocycles. The lowest BCUT2D eigenvalue weighted by atomic mass is 9.99. The fraction of sp³-hybridized carbons (Fsp3) is 0.214. The lowest BCUT2D eigenvalue weighted by Crippen LogP contribution is -1.91. The molecule has 1 nitrogen and oxygen atoms in total. The maximum atomic E-state index is 13.9. The van der Waals surface area contributed by atoms with Gasteiger partial charge in [-0.3, -0.25) is 4.98 Å². The van der Waals surface area contributed by atoms with Crippen LogP contribution in [0.25, 0.3) is 11.1 Å². The van der Waals surface area contributed by atoms with Crippen LogP contribution in [-0.4, -0.2) is 4.98 Å². The van der Waals surface area contributed by atoms with Gasteiger partial charge >= 0.3 is 0 Å². The van der Waals surface area contributed by atoms with Gasteiger partial charge in [0, 0.05) is 18.0 Å². The van der Waals surface area contributed by atoms with E-state index in [4.69, 9.17) is 0 Å². The zero-order valence-electron chi connectivity index (χ0n) is 9.44. The number of benzene rings is 1. The average molecular weight is 215 g/mol. The van der Waals surface area contributed by atoms with E-state index in [1.807, 2.05) is 24.3 Å². The normalized spacial score (nSPS) is 10.8. The number of hydrogen-bond acceptors (Lipinski definition) is 1. The molecule has 0 aliphatic carbocycles. The van der Waals surface area contributed by atoms with Crippen LogP contribution < -0.4 is 0 Å². The quantitative estimate of drug-likeness (QED) is 0.737. The van der Waals surface area contributed by atoms with Gasteiger partial charge in [-0.1, -0.05) is 26.0 Å². The molecule has 2 heteroatoms. The Kier molecular flexibility index (Phi) is 3.00. The predicted octanol–water partition coefficient (Wildman–Crippen LogP) is 4.01. The summed E-state index contributed by atoms with van der Waals surface area (Å²) in [6.07, 6.45) is 3.34. The first-order chi connectivity index (χ1) is 7.68. The van der Waals surface area contributed by atoms with Crippen molar-refractivity contribution >= 4 is 0 Å². The third-order valence-corrected chi connectivity index (χ3v) is 2.65. The topological polar surface area (TPSA) is 12.9 Å². The van der Waals surface area contributed by atoms with Crippen molar-refractivity contribution in [2.24, 2.45) is 0 Å². The molecule has 0 N–H and O–H groups in total. The maximum Gasteiger partial charge on any atom is 0.131 e. The second kappa shape index (κ2) is 4.44. The van der Waals surface area contributed by atoms with Crippen molar-refractivity contribution in [1.29, 1.82) is 0 Å². The minimum Gasteiger partial charge on any atom is -0.265 e. The summed E-state index contributed by atoms with van der Waals surface area (Å²) in [5.41, 5.74) is 2.52. The van der Waals surface area contributed by atoms with Crippen LogP contribution in [0.1, 0.15) is 25.3 Å². The summed E-state index contributed by atoms with van der Waals surface area (Å²) in [7, 11) is 0. The largest absolute Gasteiger partial charge is 0.265 e. The van der Waals surface area contributed by atoms with Gasteiger partial charge in [-0.05, 0) is 35.2 Å². The number of nitrogens with zero attached hydrogens (tertiary/aromatic N) is 1. The van der Waals surface area contributed by atoms with E-state index in [1.165, 1.54) is 0 Å². The van der Waals surface area contributed by atoms with Gasteiger partial charge in [0.15, 0.2) is 0 Å². The van der Waals surface area contributed by atoms with Crippen LogP contribution in [0.4, 0.5) is 4.39 Å². The SMILES string of the molecule is CC(C)c1ccc(-c2ccncc2)c(F)c1. The summed E-state index contributed by atoms with van der Waals surface area (Å²) >= 11 is 0. The van der Waals surface area contributed by atoms with Crippen LogP contribution in [0, 0.1) is 5.82 Å². The summed E-state index contributed by atoms with van der Waals surface area (Å²) in [6.45, 7) is 4.11. The lowest BCUT2D eigenvalue weighted by molar-refractivity contribution is 0.627. The average Bonchev–Trinajstić information content (AvgIpc) is 2.30. The molecule has 2 rings (SSSR count). The number of aromatic nitrogens is 1. The number of pyridine rings is 1. The summed E-state index contributed by atoms with van der Waals surface area (Å²) in [6, 6.07) is 9.05. The Balaban J connectivity index is 2.45. The van der Waals surface area contributed by atoms with Crippen LogP contribution in [-0.2, 0) is 0 Å². The van der Waals surface area contributed by atoms with E-state index in [-0.39, 0.29) is 5.82 Å². The third-order valence-electron chi connectivity index (χ3n) is 2.65. The first-order valence-electron chi connectivity index (χ1n) is 5.38. The molecule has 2 aromatic rings. The molecule has 0 fully saturated rings. The van der Waals surface area contributed by atoms with Gasteiger partial charge in [-0.15, -0.1) is 0 Å². The van der Waals surface area contributed by atoms with Crippen LogP contribution in [0.5, 0.6) is 0 Å². The molecule has 0 aliphatic heterocycles. The van der Waals surface area contributed by atoms with E-state index in [0.29, 0.717) is 11.5 Å². The molecule has 0 bridgehead atoms. The van der Waals surface area contributed by atoms with Crippen molar-refractivity contribution in [1.82, 2.24) is 4.98 Å². The minimum absolute atomic E-state index is 0.169. The summed E-state index contributed by atoms with van der Waals surface area (Å²) in [5, 5.41) is 0. The zero-order valence-corrected chi connectivity index (χ0v) is 9.44. The molecule has 82 valence electrons. The van der Waals surface area contributed by atoms with E-state index >= 15 is 0 Å². The Hall–Kier alpha value is -1.70. The maximum absolute atomic E-state index is 13.9. The van der Waals surface area contributed by atoms with Crippen molar-refractivity contribution in [3.8, 4) is 11.1 Å². The van der Waals surface area contributed by atoms with Gasteiger partial charge in [0.2, 0.25) is 0 Å². The van der Waals surface area contributed by atoms with Crippen LogP contribution in [0.15, 0.2) is 42.7 Å². The van der Waals surface area contributed by atoms with Gasteiger partial charge in [-0.25, -0.2) is 4.39 Å². The van der Waals surface area contributed by atoms with E-state index in [1.54, 1.807) is 18.5 Å². The fourth-order valence-electron chi connectivity index (χ4n) is 1.66. The molecule has 0 spiro atoms. The highest BCUT2D eigenvalue weighted by Gasteiger charge is 2.07. The molecule has 0 radical (unpaired) electrons. The van der Waals surface area contributed by atoms with Crippen molar-refractivity contribution in [3.05, 3.63) is 54.1 Å².